The highest BCUT2D eigenvalue weighted by Crippen LogP contribution is 2.35. The van der Waals surface area contributed by atoms with E-state index in [1.165, 1.54) is 12.0 Å². The maximum atomic E-state index is 12.5. The highest BCUT2D eigenvalue weighted by atomic mass is 79.9. The van der Waals surface area contributed by atoms with E-state index in [0.717, 1.165) is 28.8 Å². The lowest BCUT2D eigenvalue weighted by Gasteiger charge is -2.31. The van der Waals surface area contributed by atoms with Gasteiger partial charge in [-0.25, -0.2) is 0 Å². The fraction of sp³-hybridized carbons (Fsp3) is 0.562. The molecule has 2 heteroatoms. The van der Waals surface area contributed by atoms with Gasteiger partial charge in [0.15, 0.2) is 5.78 Å². The summed E-state index contributed by atoms with van der Waals surface area (Å²) in [5, 5.41) is 0. The van der Waals surface area contributed by atoms with Crippen LogP contribution in [0, 0.1) is 24.7 Å². The summed E-state index contributed by atoms with van der Waals surface area (Å²) in [5.74, 6) is 1.99. The molecule has 0 amide bonds. The van der Waals surface area contributed by atoms with Crippen molar-refractivity contribution < 1.29 is 4.79 Å². The first-order valence-corrected chi connectivity index (χ1v) is 7.58. The molecule has 0 N–H and O–H groups in total. The van der Waals surface area contributed by atoms with Crippen LogP contribution in [-0.2, 0) is 0 Å². The van der Waals surface area contributed by atoms with Crippen molar-refractivity contribution in [2.45, 2.75) is 40.0 Å². The van der Waals surface area contributed by atoms with E-state index in [1.807, 2.05) is 25.1 Å². The standard InChI is InChI=1S/C16H21BrO/c1-10-4-6-13(8-12(10)3)16(18)14-7-5-11(2)15(17)9-14/h5,7,9-10,12-13H,4,6,8H2,1-3H3. The van der Waals surface area contributed by atoms with Crippen LogP contribution in [0.1, 0.15) is 49.0 Å². The Morgan fingerprint density at radius 1 is 1.22 bits per heavy atom. The van der Waals surface area contributed by atoms with Gasteiger partial charge in [-0.2, -0.15) is 0 Å². The fourth-order valence-electron chi connectivity index (χ4n) is 2.77. The Morgan fingerprint density at radius 2 is 1.94 bits per heavy atom. The molecule has 0 saturated heterocycles. The molecule has 0 aliphatic heterocycles. The molecule has 0 bridgehead atoms. The number of hydrogen-bond donors (Lipinski definition) is 0. The van der Waals surface area contributed by atoms with E-state index in [1.54, 1.807) is 0 Å². The van der Waals surface area contributed by atoms with Crippen LogP contribution in [0.5, 0.6) is 0 Å². The molecule has 2 rings (SSSR count). The highest BCUT2D eigenvalue weighted by Gasteiger charge is 2.29. The second kappa shape index (κ2) is 5.56. The van der Waals surface area contributed by atoms with Gasteiger partial charge in [0.1, 0.15) is 0 Å². The zero-order valence-electron chi connectivity index (χ0n) is 11.4. The summed E-state index contributed by atoms with van der Waals surface area (Å²) in [4.78, 5) is 12.5. The minimum Gasteiger partial charge on any atom is -0.294 e. The van der Waals surface area contributed by atoms with Crippen LogP contribution in [0.2, 0.25) is 0 Å². The molecule has 0 spiro atoms. The number of Topliss-reactive ketones (excluding diaryl/α,β-unsaturated/α-hetero) is 1. The van der Waals surface area contributed by atoms with Gasteiger partial charge < -0.3 is 0 Å². The molecule has 1 aliphatic carbocycles. The van der Waals surface area contributed by atoms with Crippen molar-refractivity contribution in [3.63, 3.8) is 0 Å². The van der Waals surface area contributed by atoms with Gasteiger partial charge in [-0.3, -0.25) is 4.79 Å². The molecular weight excluding hydrogens is 288 g/mol. The first-order chi connectivity index (χ1) is 8.49. The lowest BCUT2D eigenvalue weighted by Crippen LogP contribution is -2.26. The third-order valence-electron chi connectivity index (χ3n) is 4.43. The summed E-state index contributed by atoms with van der Waals surface area (Å²) in [5.41, 5.74) is 2.04. The Morgan fingerprint density at radius 3 is 2.56 bits per heavy atom. The van der Waals surface area contributed by atoms with Gasteiger partial charge in [-0.1, -0.05) is 41.9 Å². The topological polar surface area (TPSA) is 17.1 Å². The van der Waals surface area contributed by atoms with Gasteiger partial charge in [0, 0.05) is 16.0 Å². The van der Waals surface area contributed by atoms with Gasteiger partial charge >= 0.3 is 0 Å². The molecule has 98 valence electrons. The largest absolute Gasteiger partial charge is 0.294 e. The second-order valence-corrected chi connectivity index (χ2v) is 6.65. The molecule has 3 unspecified atom stereocenters. The van der Waals surface area contributed by atoms with E-state index in [-0.39, 0.29) is 5.92 Å². The predicted molar refractivity (Wildman–Crippen MR) is 78.9 cm³/mol. The number of carbonyl (C=O) groups is 1. The Bertz CT molecular complexity index is 452. The number of hydrogen-bond acceptors (Lipinski definition) is 1. The van der Waals surface area contributed by atoms with Crippen molar-refractivity contribution >= 4 is 21.7 Å². The molecule has 3 atom stereocenters. The van der Waals surface area contributed by atoms with E-state index in [9.17, 15) is 4.79 Å². The van der Waals surface area contributed by atoms with Gasteiger partial charge in [-0.05, 0) is 49.7 Å². The van der Waals surface area contributed by atoms with Crippen LogP contribution in [0.25, 0.3) is 0 Å². The summed E-state index contributed by atoms with van der Waals surface area (Å²) in [7, 11) is 0. The van der Waals surface area contributed by atoms with E-state index in [4.69, 9.17) is 0 Å². The Labute approximate surface area is 118 Å². The van der Waals surface area contributed by atoms with Crippen molar-refractivity contribution in [1.29, 1.82) is 0 Å². The third kappa shape index (κ3) is 2.85. The molecule has 18 heavy (non-hydrogen) atoms. The molecule has 1 nitrogen and oxygen atoms in total. The van der Waals surface area contributed by atoms with E-state index >= 15 is 0 Å². The van der Waals surface area contributed by atoms with Crippen LogP contribution >= 0.6 is 15.9 Å². The maximum Gasteiger partial charge on any atom is 0.165 e. The van der Waals surface area contributed by atoms with Crippen molar-refractivity contribution in [1.82, 2.24) is 0 Å². The maximum absolute atomic E-state index is 12.5. The van der Waals surface area contributed by atoms with Gasteiger partial charge in [0.25, 0.3) is 0 Å². The minimum atomic E-state index is 0.228. The zero-order chi connectivity index (χ0) is 13.3. The number of halogens is 1. The molecule has 0 aromatic heterocycles. The lowest BCUT2D eigenvalue weighted by molar-refractivity contribution is 0.0837. The van der Waals surface area contributed by atoms with Crippen LogP contribution in [0.15, 0.2) is 22.7 Å². The third-order valence-corrected chi connectivity index (χ3v) is 5.28. The fourth-order valence-corrected chi connectivity index (χ4v) is 3.15. The predicted octanol–water partition coefficient (Wildman–Crippen LogP) is 5.01. The molecule has 1 fully saturated rings. The Balaban J connectivity index is 2.14. The normalized spacial score (nSPS) is 28.1. The van der Waals surface area contributed by atoms with Gasteiger partial charge in [0.05, 0.1) is 0 Å². The smallest absolute Gasteiger partial charge is 0.165 e. The second-order valence-electron chi connectivity index (χ2n) is 5.79. The van der Waals surface area contributed by atoms with Crippen molar-refractivity contribution in [2.75, 3.05) is 0 Å². The van der Waals surface area contributed by atoms with Gasteiger partial charge in [0.2, 0.25) is 0 Å². The van der Waals surface area contributed by atoms with Crippen molar-refractivity contribution in [2.24, 2.45) is 17.8 Å². The SMILES string of the molecule is Cc1ccc(C(=O)C2CCC(C)C(C)C2)cc1Br. The summed E-state index contributed by atoms with van der Waals surface area (Å²) in [6.45, 7) is 6.62. The summed E-state index contributed by atoms with van der Waals surface area (Å²) in [6, 6.07) is 5.96. The molecule has 1 aliphatic rings. The number of carbonyl (C=O) groups excluding carboxylic acids is 1. The lowest BCUT2D eigenvalue weighted by atomic mass is 9.73. The van der Waals surface area contributed by atoms with Gasteiger partial charge in [-0.15, -0.1) is 0 Å². The van der Waals surface area contributed by atoms with Crippen LogP contribution in [-0.4, -0.2) is 5.78 Å². The van der Waals surface area contributed by atoms with E-state index in [2.05, 4.69) is 29.8 Å². The summed E-state index contributed by atoms with van der Waals surface area (Å²) < 4.78 is 1.03. The number of aryl methyl sites for hydroxylation is 1. The van der Waals surface area contributed by atoms with Crippen LogP contribution < -0.4 is 0 Å². The number of ketones is 1. The van der Waals surface area contributed by atoms with E-state index in [0.29, 0.717) is 11.7 Å². The van der Waals surface area contributed by atoms with Crippen molar-refractivity contribution in [3.8, 4) is 0 Å². The molecule has 1 aromatic carbocycles. The van der Waals surface area contributed by atoms with Crippen LogP contribution in [0.4, 0.5) is 0 Å². The minimum absolute atomic E-state index is 0.228. The number of rotatable bonds is 2. The first-order valence-electron chi connectivity index (χ1n) is 6.79. The van der Waals surface area contributed by atoms with Crippen LogP contribution in [0.3, 0.4) is 0 Å². The highest BCUT2D eigenvalue weighted by molar-refractivity contribution is 9.10. The first kappa shape index (κ1) is 13.8. The molecule has 0 heterocycles. The molecule has 1 aromatic rings. The molecule has 1 saturated carbocycles. The monoisotopic (exact) mass is 308 g/mol. The molecule has 0 radical (unpaired) electrons. The zero-order valence-corrected chi connectivity index (χ0v) is 13.0. The summed E-state index contributed by atoms with van der Waals surface area (Å²) in [6.07, 6.45) is 3.28. The average Bonchev–Trinajstić information content (AvgIpc) is 2.35. The quantitative estimate of drug-likeness (QED) is 0.702. The molecular formula is C16H21BrO. The number of benzene rings is 1. The average molecular weight is 309 g/mol. The Kier molecular flexibility index (Phi) is 4.26. The van der Waals surface area contributed by atoms with Crippen molar-refractivity contribution in [3.05, 3.63) is 33.8 Å². The summed E-state index contributed by atoms with van der Waals surface area (Å²) >= 11 is 3.51. The Hall–Kier alpha value is -0.630. The van der Waals surface area contributed by atoms with E-state index < -0.39 is 0 Å².